The number of nitrogens with one attached hydrogen (secondary N) is 1. The molecule has 0 spiro atoms. The van der Waals surface area contributed by atoms with E-state index >= 15 is 0 Å². The van der Waals surface area contributed by atoms with Gasteiger partial charge in [-0.2, -0.15) is 5.10 Å². The molecular weight excluding hydrogens is 367 g/mol. The zero-order chi connectivity index (χ0) is 19.0. The summed E-state index contributed by atoms with van der Waals surface area (Å²) in [6.07, 6.45) is 5.92. The lowest BCUT2D eigenvalue weighted by atomic mass is 10.2. The van der Waals surface area contributed by atoms with E-state index in [0.29, 0.717) is 29.5 Å². The van der Waals surface area contributed by atoms with Crippen LogP contribution in [0, 0.1) is 12.7 Å². The summed E-state index contributed by atoms with van der Waals surface area (Å²) in [5, 5.41) is 7.96. The van der Waals surface area contributed by atoms with Crippen LogP contribution in [0.3, 0.4) is 0 Å². The second kappa shape index (κ2) is 7.07. The maximum Gasteiger partial charge on any atom is 0.263 e. The molecule has 0 bridgehead atoms. The van der Waals surface area contributed by atoms with E-state index in [1.165, 1.54) is 17.4 Å². The predicted octanol–water partition coefficient (Wildman–Crippen LogP) is 2.39. The first-order valence-corrected chi connectivity index (χ1v) is 9.45. The van der Waals surface area contributed by atoms with Gasteiger partial charge in [0.25, 0.3) is 5.91 Å². The highest BCUT2D eigenvalue weighted by atomic mass is 32.1. The Kier molecular flexibility index (Phi) is 4.61. The molecule has 27 heavy (non-hydrogen) atoms. The average Bonchev–Trinajstić information content (AvgIpc) is 3.35. The molecule has 0 aromatic carbocycles. The molecule has 140 valence electrons. The minimum atomic E-state index is -0.344. The van der Waals surface area contributed by atoms with Crippen molar-refractivity contribution in [3.63, 3.8) is 0 Å². The van der Waals surface area contributed by atoms with Crippen molar-refractivity contribution in [2.45, 2.75) is 19.4 Å². The van der Waals surface area contributed by atoms with Crippen LogP contribution in [0.15, 0.2) is 30.7 Å². The number of hydrogen-bond donors (Lipinski definition) is 1. The number of pyridine rings is 1. The van der Waals surface area contributed by atoms with E-state index in [1.54, 1.807) is 23.1 Å². The Morgan fingerprint density at radius 2 is 2.30 bits per heavy atom. The van der Waals surface area contributed by atoms with Crippen molar-refractivity contribution in [1.29, 1.82) is 0 Å². The number of aryl methyl sites for hydroxylation is 2. The first-order chi connectivity index (χ1) is 13.0. The summed E-state index contributed by atoms with van der Waals surface area (Å²) in [5.41, 5.74) is 1.59. The van der Waals surface area contributed by atoms with Crippen molar-refractivity contribution in [2.24, 2.45) is 7.05 Å². The first-order valence-electron chi connectivity index (χ1n) is 8.64. The lowest BCUT2D eigenvalue weighted by molar-refractivity contribution is 0.0943. The van der Waals surface area contributed by atoms with Crippen LogP contribution in [-0.4, -0.2) is 44.8 Å². The van der Waals surface area contributed by atoms with Crippen molar-refractivity contribution >= 4 is 23.1 Å². The lowest BCUT2D eigenvalue weighted by Crippen LogP contribution is -2.37. The number of carbonyl (C=O) groups is 1. The molecule has 1 amide bonds. The Morgan fingerprint density at radius 3 is 3.04 bits per heavy atom. The van der Waals surface area contributed by atoms with Gasteiger partial charge in [-0.15, -0.1) is 11.3 Å². The number of nitrogens with zero attached hydrogens (tertiary/aromatic N) is 5. The zero-order valence-corrected chi connectivity index (χ0v) is 15.8. The monoisotopic (exact) mass is 386 g/mol. The molecule has 7 nitrogen and oxygen atoms in total. The van der Waals surface area contributed by atoms with E-state index in [0.717, 1.165) is 17.0 Å². The molecule has 1 fully saturated rings. The van der Waals surface area contributed by atoms with Crippen LogP contribution in [0.2, 0.25) is 0 Å². The molecule has 9 heteroatoms. The Hall–Kier alpha value is -2.81. The number of carbonyl (C=O) groups excluding carboxylic acids is 1. The van der Waals surface area contributed by atoms with Gasteiger partial charge in [0.1, 0.15) is 9.88 Å². The Balaban J connectivity index is 1.44. The maximum atomic E-state index is 13.9. The van der Waals surface area contributed by atoms with E-state index < -0.39 is 0 Å². The fourth-order valence-electron chi connectivity index (χ4n) is 3.19. The van der Waals surface area contributed by atoms with Gasteiger partial charge in [-0.1, -0.05) is 0 Å². The topological polar surface area (TPSA) is 75.9 Å². The molecule has 1 unspecified atom stereocenters. The van der Waals surface area contributed by atoms with Gasteiger partial charge in [-0.25, -0.2) is 14.4 Å². The Bertz CT molecular complexity index is 984. The van der Waals surface area contributed by atoms with Crippen LogP contribution in [0.25, 0.3) is 10.6 Å². The third kappa shape index (κ3) is 3.55. The van der Waals surface area contributed by atoms with E-state index in [-0.39, 0.29) is 17.8 Å². The highest BCUT2D eigenvalue weighted by Gasteiger charge is 2.28. The fraction of sp³-hybridized carbons (Fsp3) is 0.333. The molecule has 1 saturated heterocycles. The van der Waals surface area contributed by atoms with E-state index in [2.05, 4.69) is 20.4 Å². The summed E-state index contributed by atoms with van der Waals surface area (Å²) >= 11 is 1.35. The average molecular weight is 386 g/mol. The first kappa shape index (κ1) is 17.6. The van der Waals surface area contributed by atoms with Crippen LogP contribution in [0.1, 0.15) is 21.8 Å². The lowest BCUT2D eigenvalue weighted by Gasteiger charge is -2.18. The number of hydrogen-bond acceptors (Lipinski definition) is 6. The summed E-state index contributed by atoms with van der Waals surface area (Å²) < 4.78 is 15.6. The number of rotatable bonds is 4. The quantitative estimate of drug-likeness (QED) is 0.745. The van der Waals surface area contributed by atoms with Gasteiger partial charge in [-0.3, -0.25) is 9.48 Å². The second-order valence-corrected chi connectivity index (χ2v) is 7.55. The summed E-state index contributed by atoms with van der Waals surface area (Å²) in [6, 6.07) is 2.91. The molecular formula is C18H19FN6OS. The van der Waals surface area contributed by atoms with Crippen LogP contribution in [0.5, 0.6) is 0 Å². The molecule has 3 aromatic rings. The standard InChI is InChI=1S/C18H19FN6OS/c1-11-15(27-18(22-11)12-8-21-24(2)9-12)17(26)23-13-5-7-25(10-13)16-14(19)4-3-6-20-16/h3-4,6,8-9,13H,5,7,10H2,1-2H3,(H,23,26). The number of amides is 1. The molecule has 4 heterocycles. The molecule has 0 saturated carbocycles. The Morgan fingerprint density at radius 1 is 1.44 bits per heavy atom. The molecule has 1 N–H and O–H groups in total. The van der Waals surface area contributed by atoms with Crippen molar-refractivity contribution in [2.75, 3.05) is 18.0 Å². The van der Waals surface area contributed by atoms with Crippen molar-refractivity contribution in [3.8, 4) is 10.6 Å². The SMILES string of the molecule is Cc1nc(-c2cnn(C)c2)sc1C(=O)NC1CCN(c2ncccc2F)C1. The van der Waals surface area contributed by atoms with E-state index in [1.807, 2.05) is 25.1 Å². The summed E-state index contributed by atoms with van der Waals surface area (Å²) in [4.78, 5) is 23.8. The summed E-state index contributed by atoms with van der Waals surface area (Å²) in [6.45, 7) is 3.02. The zero-order valence-electron chi connectivity index (χ0n) is 15.0. The molecule has 1 aliphatic rings. The number of thiazole rings is 1. The Labute approximate surface area is 159 Å². The summed E-state index contributed by atoms with van der Waals surface area (Å²) in [5.74, 6) is -0.153. The fourth-order valence-corrected chi connectivity index (χ4v) is 4.14. The molecule has 0 radical (unpaired) electrons. The van der Waals surface area contributed by atoms with Gasteiger partial charge in [0, 0.05) is 44.1 Å². The molecule has 1 aliphatic heterocycles. The highest BCUT2D eigenvalue weighted by molar-refractivity contribution is 7.17. The van der Waals surface area contributed by atoms with Gasteiger partial charge in [0.2, 0.25) is 0 Å². The van der Waals surface area contributed by atoms with Gasteiger partial charge in [-0.05, 0) is 25.5 Å². The van der Waals surface area contributed by atoms with Gasteiger partial charge in [0.15, 0.2) is 11.6 Å². The largest absolute Gasteiger partial charge is 0.352 e. The van der Waals surface area contributed by atoms with Gasteiger partial charge >= 0.3 is 0 Å². The van der Waals surface area contributed by atoms with Crippen LogP contribution >= 0.6 is 11.3 Å². The van der Waals surface area contributed by atoms with Crippen LogP contribution < -0.4 is 10.2 Å². The molecule has 1 atom stereocenters. The van der Waals surface area contributed by atoms with Crippen molar-refractivity contribution < 1.29 is 9.18 Å². The van der Waals surface area contributed by atoms with Crippen LogP contribution in [-0.2, 0) is 7.05 Å². The molecule has 3 aromatic heterocycles. The van der Waals surface area contributed by atoms with Gasteiger partial charge in [0.05, 0.1) is 11.9 Å². The maximum absolute atomic E-state index is 13.9. The van der Waals surface area contributed by atoms with Crippen molar-refractivity contribution in [3.05, 3.63) is 47.1 Å². The normalized spacial score (nSPS) is 16.7. The predicted molar refractivity (Wildman–Crippen MR) is 101 cm³/mol. The highest BCUT2D eigenvalue weighted by Crippen LogP contribution is 2.28. The van der Waals surface area contributed by atoms with E-state index in [4.69, 9.17) is 0 Å². The number of halogens is 1. The third-order valence-electron chi connectivity index (χ3n) is 4.52. The smallest absolute Gasteiger partial charge is 0.263 e. The number of aromatic nitrogens is 4. The minimum Gasteiger partial charge on any atom is -0.352 e. The summed E-state index contributed by atoms with van der Waals surface area (Å²) in [7, 11) is 1.84. The molecule has 4 rings (SSSR count). The van der Waals surface area contributed by atoms with Crippen molar-refractivity contribution in [1.82, 2.24) is 25.1 Å². The minimum absolute atomic E-state index is 0.0535. The third-order valence-corrected chi connectivity index (χ3v) is 5.72. The number of anilines is 1. The van der Waals surface area contributed by atoms with Gasteiger partial charge < -0.3 is 10.2 Å². The van der Waals surface area contributed by atoms with Crippen LogP contribution in [0.4, 0.5) is 10.2 Å². The molecule has 0 aliphatic carbocycles. The van der Waals surface area contributed by atoms with E-state index in [9.17, 15) is 9.18 Å². The second-order valence-electron chi connectivity index (χ2n) is 6.55.